The number of nitrogens with one attached hydrogen (secondary N) is 1. The average Bonchev–Trinajstić information content (AvgIpc) is 2.41. The van der Waals surface area contributed by atoms with Crippen LogP contribution in [0.4, 0.5) is 5.69 Å². The van der Waals surface area contributed by atoms with Crippen LogP contribution >= 0.6 is 0 Å². The third kappa shape index (κ3) is 2.50. The second-order valence-corrected chi connectivity index (χ2v) is 5.66. The molecule has 0 atom stereocenters. The maximum atomic E-state index is 3.69. The fraction of sp³-hybridized carbons (Fsp3) is 0.412. The van der Waals surface area contributed by atoms with Crippen LogP contribution in [0.15, 0.2) is 42.5 Å². The quantitative estimate of drug-likeness (QED) is 0.791. The predicted octanol–water partition coefficient (Wildman–Crippen LogP) is 4.83. The second kappa shape index (κ2) is 5.01. The Morgan fingerprint density at radius 1 is 0.889 bits per heavy atom. The molecule has 0 bridgehead atoms. The van der Waals surface area contributed by atoms with Gasteiger partial charge >= 0.3 is 0 Å². The number of anilines is 1. The summed E-state index contributed by atoms with van der Waals surface area (Å²) in [4.78, 5) is 0. The third-order valence-electron chi connectivity index (χ3n) is 4.14. The summed E-state index contributed by atoms with van der Waals surface area (Å²) in [5.74, 6) is 0.916. The topological polar surface area (TPSA) is 12.0 Å². The van der Waals surface area contributed by atoms with Crippen molar-refractivity contribution in [2.75, 3.05) is 5.32 Å². The van der Waals surface area contributed by atoms with Crippen LogP contribution in [0.5, 0.6) is 0 Å². The van der Waals surface area contributed by atoms with E-state index in [1.165, 1.54) is 42.1 Å². The summed E-state index contributed by atoms with van der Waals surface area (Å²) in [6.45, 7) is 2.37. The van der Waals surface area contributed by atoms with Crippen molar-refractivity contribution in [2.24, 2.45) is 5.92 Å². The average molecular weight is 239 g/mol. The molecule has 1 nitrogen and oxygen atoms in total. The van der Waals surface area contributed by atoms with Crippen molar-refractivity contribution in [3.63, 3.8) is 0 Å². The monoisotopic (exact) mass is 239 g/mol. The largest absolute Gasteiger partial charge is 0.382 e. The Bertz CT molecular complexity index is 524. The molecule has 3 rings (SSSR count). The minimum absolute atomic E-state index is 0.669. The van der Waals surface area contributed by atoms with E-state index >= 15 is 0 Å². The Labute approximate surface area is 109 Å². The number of rotatable bonds is 2. The molecule has 0 amide bonds. The van der Waals surface area contributed by atoms with E-state index in [-0.39, 0.29) is 0 Å². The molecule has 2 aromatic rings. The van der Waals surface area contributed by atoms with E-state index in [4.69, 9.17) is 0 Å². The summed E-state index contributed by atoms with van der Waals surface area (Å²) in [6, 6.07) is 15.9. The minimum atomic E-state index is 0.669. The summed E-state index contributed by atoms with van der Waals surface area (Å²) >= 11 is 0. The molecule has 2 aromatic carbocycles. The highest BCUT2D eigenvalue weighted by Gasteiger charge is 2.17. The van der Waals surface area contributed by atoms with Crippen LogP contribution in [0.2, 0.25) is 0 Å². The molecule has 0 aliphatic heterocycles. The lowest BCUT2D eigenvalue weighted by molar-refractivity contribution is 0.361. The van der Waals surface area contributed by atoms with Crippen LogP contribution in [0.1, 0.15) is 32.6 Å². The zero-order valence-corrected chi connectivity index (χ0v) is 11.0. The van der Waals surface area contributed by atoms with Crippen LogP contribution in [-0.4, -0.2) is 6.04 Å². The molecule has 1 saturated carbocycles. The summed E-state index contributed by atoms with van der Waals surface area (Å²) < 4.78 is 0. The first-order valence-corrected chi connectivity index (χ1v) is 7.06. The van der Waals surface area contributed by atoms with Gasteiger partial charge in [-0.1, -0.05) is 37.3 Å². The first kappa shape index (κ1) is 11.6. The van der Waals surface area contributed by atoms with Crippen molar-refractivity contribution >= 4 is 16.5 Å². The molecule has 0 unspecified atom stereocenters. The fourth-order valence-electron chi connectivity index (χ4n) is 2.92. The van der Waals surface area contributed by atoms with Crippen LogP contribution in [0.3, 0.4) is 0 Å². The Hall–Kier alpha value is -1.50. The molecule has 94 valence electrons. The molecule has 0 radical (unpaired) electrons. The molecule has 1 heteroatoms. The Balaban J connectivity index is 1.74. The van der Waals surface area contributed by atoms with Gasteiger partial charge in [-0.25, -0.2) is 0 Å². The summed E-state index contributed by atoms with van der Waals surface area (Å²) in [7, 11) is 0. The summed E-state index contributed by atoms with van der Waals surface area (Å²) in [5.41, 5.74) is 1.27. The van der Waals surface area contributed by atoms with E-state index < -0.39 is 0 Å². The number of benzene rings is 2. The highest BCUT2D eigenvalue weighted by atomic mass is 14.9. The smallest absolute Gasteiger partial charge is 0.0348 e. The highest BCUT2D eigenvalue weighted by molar-refractivity contribution is 5.85. The standard InChI is InChI=1S/C17H21N/c1-13-6-9-16(10-7-13)18-17-11-8-14-4-2-3-5-15(14)12-17/h2-5,8,11-13,16,18H,6-7,9-10H2,1H3. The van der Waals surface area contributed by atoms with Gasteiger partial charge in [-0.3, -0.25) is 0 Å². The molecule has 0 heterocycles. The zero-order chi connectivity index (χ0) is 12.4. The van der Waals surface area contributed by atoms with Gasteiger partial charge in [0.1, 0.15) is 0 Å². The maximum absolute atomic E-state index is 3.69. The lowest BCUT2D eigenvalue weighted by atomic mass is 9.87. The number of fused-ring (bicyclic) bond motifs is 1. The first-order chi connectivity index (χ1) is 8.81. The SMILES string of the molecule is CC1CCC(Nc2ccc3ccccc3c2)CC1. The molecular weight excluding hydrogens is 218 g/mol. The summed E-state index contributed by atoms with van der Waals surface area (Å²) in [5, 5.41) is 6.34. The lowest BCUT2D eigenvalue weighted by Crippen LogP contribution is -2.25. The Kier molecular flexibility index (Phi) is 3.22. The molecule has 0 saturated heterocycles. The van der Waals surface area contributed by atoms with Crippen LogP contribution in [-0.2, 0) is 0 Å². The lowest BCUT2D eigenvalue weighted by Gasteiger charge is -2.27. The van der Waals surface area contributed by atoms with Crippen molar-refractivity contribution in [3.05, 3.63) is 42.5 Å². The molecule has 1 aliphatic carbocycles. The van der Waals surface area contributed by atoms with Gasteiger partial charge in [0.25, 0.3) is 0 Å². The summed E-state index contributed by atoms with van der Waals surface area (Å²) in [6.07, 6.45) is 5.36. The van der Waals surface area contributed by atoms with Gasteiger partial charge in [0, 0.05) is 11.7 Å². The van der Waals surface area contributed by atoms with Crippen LogP contribution < -0.4 is 5.32 Å². The molecule has 1 fully saturated rings. The Morgan fingerprint density at radius 2 is 1.61 bits per heavy atom. The maximum Gasteiger partial charge on any atom is 0.0348 e. The van der Waals surface area contributed by atoms with Crippen LogP contribution in [0.25, 0.3) is 10.8 Å². The Morgan fingerprint density at radius 3 is 2.39 bits per heavy atom. The van der Waals surface area contributed by atoms with Gasteiger partial charge in [0.15, 0.2) is 0 Å². The molecule has 18 heavy (non-hydrogen) atoms. The molecular formula is C17H21N. The third-order valence-corrected chi connectivity index (χ3v) is 4.14. The van der Waals surface area contributed by atoms with Crippen molar-refractivity contribution in [1.82, 2.24) is 0 Å². The van der Waals surface area contributed by atoms with Crippen molar-refractivity contribution in [3.8, 4) is 0 Å². The molecule has 0 spiro atoms. The van der Waals surface area contributed by atoms with Crippen molar-refractivity contribution in [1.29, 1.82) is 0 Å². The van der Waals surface area contributed by atoms with E-state index in [9.17, 15) is 0 Å². The van der Waals surface area contributed by atoms with E-state index in [0.717, 1.165) is 5.92 Å². The van der Waals surface area contributed by atoms with Gasteiger partial charge in [0.2, 0.25) is 0 Å². The first-order valence-electron chi connectivity index (χ1n) is 7.06. The number of hydrogen-bond acceptors (Lipinski definition) is 1. The van der Waals surface area contributed by atoms with Gasteiger partial charge < -0.3 is 5.32 Å². The molecule has 1 N–H and O–H groups in total. The fourth-order valence-corrected chi connectivity index (χ4v) is 2.92. The van der Waals surface area contributed by atoms with E-state index in [1.54, 1.807) is 0 Å². The van der Waals surface area contributed by atoms with E-state index in [2.05, 4.69) is 54.7 Å². The molecule has 1 aliphatic rings. The minimum Gasteiger partial charge on any atom is -0.382 e. The normalized spacial score (nSPS) is 24.1. The van der Waals surface area contributed by atoms with Gasteiger partial charge in [-0.15, -0.1) is 0 Å². The van der Waals surface area contributed by atoms with Crippen molar-refractivity contribution < 1.29 is 0 Å². The van der Waals surface area contributed by atoms with E-state index in [1.807, 2.05) is 0 Å². The second-order valence-electron chi connectivity index (χ2n) is 5.66. The predicted molar refractivity (Wildman–Crippen MR) is 79.0 cm³/mol. The van der Waals surface area contributed by atoms with E-state index in [0.29, 0.717) is 6.04 Å². The van der Waals surface area contributed by atoms with Gasteiger partial charge in [-0.05, 0) is 54.5 Å². The van der Waals surface area contributed by atoms with Gasteiger partial charge in [0.05, 0.1) is 0 Å². The zero-order valence-electron chi connectivity index (χ0n) is 11.0. The van der Waals surface area contributed by atoms with Crippen LogP contribution in [0, 0.1) is 5.92 Å². The molecule has 0 aromatic heterocycles. The highest BCUT2D eigenvalue weighted by Crippen LogP contribution is 2.27. The van der Waals surface area contributed by atoms with Crippen molar-refractivity contribution in [2.45, 2.75) is 38.6 Å². The van der Waals surface area contributed by atoms with Gasteiger partial charge in [-0.2, -0.15) is 0 Å². The number of hydrogen-bond donors (Lipinski definition) is 1.